The van der Waals surface area contributed by atoms with Crippen LogP contribution in [0.5, 0.6) is 0 Å². The second kappa shape index (κ2) is 11.0. The molecule has 5 nitrogen and oxygen atoms in total. The number of halogens is 3. The van der Waals surface area contributed by atoms with E-state index in [0.29, 0.717) is 29.2 Å². The Kier molecular flexibility index (Phi) is 9.67. The van der Waals surface area contributed by atoms with Crippen LogP contribution >= 0.6 is 24.0 Å². The molecule has 0 spiro atoms. The van der Waals surface area contributed by atoms with Crippen molar-refractivity contribution >= 4 is 39.8 Å². The average Bonchev–Trinajstić information content (AvgIpc) is 2.63. The minimum absolute atomic E-state index is 0. The van der Waals surface area contributed by atoms with Gasteiger partial charge < -0.3 is 10.6 Å². The third-order valence-electron chi connectivity index (χ3n) is 4.56. The lowest BCUT2D eigenvalue weighted by atomic mass is 9.84. The molecule has 0 bridgehead atoms. The van der Waals surface area contributed by atoms with Gasteiger partial charge in [-0.15, -0.1) is 24.0 Å². The molecule has 0 aliphatic rings. The van der Waals surface area contributed by atoms with Crippen LogP contribution in [-0.4, -0.2) is 34.2 Å². The Balaban J connectivity index is 0.00000450. The SMILES string of the molecule is CN=C(NCc1cc(F)ccc1CS(C)(=O)=O)NCC(C)(C)c1ccccc1F.I. The van der Waals surface area contributed by atoms with E-state index in [0.717, 1.165) is 6.26 Å². The first kappa shape index (κ1) is 26.3. The van der Waals surface area contributed by atoms with E-state index >= 15 is 0 Å². The van der Waals surface area contributed by atoms with Crippen LogP contribution < -0.4 is 10.6 Å². The third kappa shape index (κ3) is 7.82. The Labute approximate surface area is 194 Å². The van der Waals surface area contributed by atoms with E-state index in [1.54, 1.807) is 25.2 Å². The quantitative estimate of drug-likeness (QED) is 0.313. The molecule has 2 N–H and O–H groups in total. The van der Waals surface area contributed by atoms with Crippen molar-refractivity contribution in [2.24, 2.45) is 4.99 Å². The van der Waals surface area contributed by atoms with Gasteiger partial charge in [0.2, 0.25) is 0 Å². The van der Waals surface area contributed by atoms with Crippen molar-refractivity contribution in [1.82, 2.24) is 10.6 Å². The van der Waals surface area contributed by atoms with Crippen LogP contribution in [0, 0.1) is 11.6 Å². The number of nitrogens with zero attached hydrogens (tertiary/aromatic N) is 1. The molecule has 9 heteroatoms. The summed E-state index contributed by atoms with van der Waals surface area (Å²) in [5, 5.41) is 6.21. The highest BCUT2D eigenvalue weighted by molar-refractivity contribution is 14.0. The summed E-state index contributed by atoms with van der Waals surface area (Å²) in [4.78, 5) is 4.14. The number of nitrogens with one attached hydrogen (secondary N) is 2. The number of hydrogen-bond donors (Lipinski definition) is 2. The predicted octanol–water partition coefficient (Wildman–Crippen LogP) is 3.77. The van der Waals surface area contributed by atoms with Crippen LogP contribution in [0.2, 0.25) is 0 Å². The van der Waals surface area contributed by atoms with Crippen LogP contribution in [0.4, 0.5) is 8.78 Å². The van der Waals surface area contributed by atoms with E-state index in [-0.39, 0.29) is 42.1 Å². The summed E-state index contributed by atoms with van der Waals surface area (Å²) in [6, 6.07) is 10.6. The summed E-state index contributed by atoms with van der Waals surface area (Å²) < 4.78 is 51.0. The maximum Gasteiger partial charge on any atom is 0.191 e. The molecule has 0 aliphatic carbocycles. The lowest BCUT2D eigenvalue weighted by molar-refractivity contribution is 0.473. The molecule has 0 aliphatic heterocycles. The third-order valence-corrected chi connectivity index (χ3v) is 5.39. The van der Waals surface area contributed by atoms with E-state index in [9.17, 15) is 17.2 Å². The molecule has 2 aromatic carbocycles. The van der Waals surface area contributed by atoms with Gasteiger partial charge in [0.25, 0.3) is 0 Å². The molecule has 0 saturated heterocycles. The van der Waals surface area contributed by atoms with Gasteiger partial charge in [-0.3, -0.25) is 4.99 Å². The molecule has 0 aromatic heterocycles. The van der Waals surface area contributed by atoms with Gasteiger partial charge in [-0.05, 0) is 34.9 Å². The molecular weight excluding hydrogens is 523 g/mol. The fourth-order valence-corrected chi connectivity index (χ4v) is 3.84. The lowest BCUT2D eigenvalue weighted by Crippen LogP contribution is -2.43. The van der Waals surface area contributed by atoms with Gasteiger partial charge in [-0.2, -0.15) is 0 Å². The van der Waals surface area contributed by atoms with E-state index in [2.05, 4.69) is 15.6 Å². The molecule has 0 fully saturated rings. The highest BCUT2D eigenvalue weighted by Crippen LogP contribution is 2.24. The molecule has 0 unspecified atom stereocenters. The van der Waals surface area contributed by atoms with Crippen LogP contribution in [0.25, 0.3) is 0 Å². The Morgan fingerprint density at radius 1 is 1.07 bits per heavy atom. The Bertz CT molecular complexity index is 995. The molecule has 0 amide bonds. The number of sulfone groups is 1. The standard InChI is InChI=1S/C21H27F2N3O2S.HI/c1-21(2,18-7-5-6-8-19(18)23)14-26-20(24-3)25-12-16-11-17(22)10-9-15(16)13-29(4,27)28;/h5-11H,12-14H2,1-4H3,(H2,24,25,26);1H. The zero-order valence-electron chi connectivity index (χ0n) is 17.5. The summed E-state index contributed by atoms with van der Waals surface area (Å²) in [7, 11) is -1.66. The lowest BCUT2D eigenvalue weighted by Gasteiger charge is -2.27. The zero-order valence-corrected chi connectivity index (χ0v) is 20.6. The Morgan fingerprint density at radius 2 is 1.73 bits per heavy atom. The van der Waals surface area contributed by atoms with Gasteiger partial charge in [0, 0.05) is 31.8 Å². The fraction of sp³-hybridized carbons (Fsp3) is 0.381. The Hall–Kier alpha value is -1.75. The molecule has 0 saturated carbocycles. The second-order valence-corrected chi connectivity index (χ2v) is 9.77. The van der Waals surface area contributed by atoms with E-state index < -0.39 is 21.1 Å². The summed E-state index contributed by atoms with van der Waals surface area (Å²) >= 11 is 0. The molecule has 166 valence electrons. The zero-order chi connectivity index (χ0) is 21.7. The van der Waals surface area contributed by atoms with Crippen molar-refractivity contribution in [1.29, 1.82) is 0 Å². The summed E-state index contributed by atoms with van der Waals surface area (Å²) in [6.45, 7) is 4.44. The number of rotatable bonds is 7. The minimum atomic E-state index is -3.25. The fourth-order valence-electron chi connectivity index (χ4n) is 2.99. The van der Waals surface area contributed by atoms with Crippen LogP contribution in [0.1, 0.15) is 30.5 Å². The molecule has 0 radical (unpaired) electrons. The topological polar surface area (TPSA) is 70.6 Å². The highest BCUT2D eigenvalue weighted by Gasteiger charge is 2.24. The molecule has 2 rings (SSSR count). The van der Waals surface area contributed by atoms with Crippen molar-refractivity contribution < 1.29 is 17.2 Å². The smallest absolute Gasteiger partial charge is 0.191 e. The van der Waals surface area contributed by atoms with Gasteiger partial charge in [0.15, 0.2) is 15.8 Å². The monoisotopic (exact) mass is 551 g/mol. The number of benzene rings is 2. The van der Waals surface area contributed by atoms with Crippen molar-refractivity contribution in [2.45, 2.75) is 31.6 Å². The Morgan fingerprint density at radius 3 is 2.33 bits per heavy atom. The van der Waals surface area contributed by atoms with Gasteiger partial charge >= 0.3 is 0 Å². The maximum absolute atomic E-state index is 14.1. The summed E-state index contributed by atoms with van der Waals surface area (Å²) in [5.74, 6) is -0.435. The first-order valence-corrected chi connectivity index (χ1v) is 11.2. The largest absolute Gasteiger partial charge is 0.356 e. The van der Waals surface area contributed by atoms with Gasteiger partial charge in [-0.1, -0.05) is 38.1 Å². The van der Waals surface area contributed by atoms with Gasteiger partial charge in [0.05, 0.1) is 5.75 Å². The number of hydrogen-bond acceptors (Lipinski definition) is 3. The van der Waals surface area contributed by atoms with E-state index in [1.807, 2.05) is 13.8 Å². The van der Waals surface area contributed by atoms with Crippen molar-refractivity contribution in [3.63, 3.8) is 0 Å². The van der Waals surface area contributed by atoms with Crippen molar-refractivity contribution in [2.75, 3.05) is 19.8 Å². The minimum Gasteiger partial charge on any atom is -0.356 e. The van der Waals surface area contributed by atoms with Crippen LogP contribution in [0.15, 0.2) is 47.5 Å². The average molecular weight is 551 g/mol. The van der Waals surface area contributed by atoms with Crippen molar-refractivity contribution in [3.8, 4) is 0 Å². The summed E-state index contributed by atoms with van der Waals surface area (Å²) in [6.07, 6.45) is 1.14. The second-order valence-electron chi connectivity index (χ2n) is 7.63. The first-order chi connectivity index (χ1) is 13.5. The molecule has 2 aromatic rings. The highest BCUT2D eigenvalue weighted by atomic mass is 127. The number of guanidine groups is 1. The van der Waals surface area contributed by atoms with Crippen LogP contribution in [-0.2, 0) is 27.5 Å². The first-order valence-electron chi connectivity index (χ1n) is 9.16. The maximum atomic E-state index is 14.1. The van der Waals surface area contributed by atoms with Crippen molar-refractivity contribution in [3.05, 3.63) is 70.8 Å². The molecule has 0 atom stereocenters. The van der Waals surface area contributed by atoms with Gasteiger partial charge in [-0.25, -0.2) is 17.2 Å². The number of aliphatic imine (C=N–C) groups is 1. The molecule has 0 heterocycles. The molecule has 30 heavy (non-hydrogen) atoms. The van der Waals surface area contributed by atoms with Gasteiger partial charge in [0.1, 0.15) is 11.6 Å². The molecular formula is C21H28F2IN3O2S. The van der Waals surface area contributed by atoms with E-state index in [1.165, 1.54) is 24.3 Å². The normalized spacial score (nSPS) is 12.3. The predicted molar refractivity (Wildman–Crippen MR) is 128 cm³/mol. The van der Waals surface area contributed by atoms with E-state index in [4.69, 9.17) is 0 Å². The van der Waals surface area contributed by atoms with Crippen LogP contribution in [0.3, 0.4) is 0 Å². The summed E-state index contributed by atoms with van der Waals surface area (Å²) in [5.41, 5.74) is 1.15.